The molecule has 0 saturated carbocycles. The molecule has 1 aliphatic heterocycles. The van der Waals surface area contributed by atoms with Gasteiger partial charge in [0.2, 0.25) is 0 Å². The van der Waals surface area contributed by atoms with Gasteiger partial charge in [0.15, 0.2) is 0 Å². The second-order valence-electron chi connectivity index (χ2n) is 6.37. The Kier molecular flexibility index (Phi) is 6.19. The maximum absolute atomic E-state index is 6.02. The van der Waals surface area contributed by atoms with Gasteiger partial charge in [-0.15, -0.1) is 0 Å². The number of nitrogens with two attached hydrogens (primary N) is 1. The van der Waals surface area contributed by atoms with Crippen LogP contribution in [0, 0.1) is 0 Å². The van der Waals surface area contributed by atoms with Gasteiger partial charge < -0.3 is 5.73 Å². The summed E-state index contributed by atoms with van der Waals surface area (Å²) in [4.78, 5) is 5.03. The molecule has 1 unspecified atom stereocenters. The molecule has 0 bridgehead atoms. The van der Waals surface area contributed by atoms with Crippen molar-refractivity contribution in [3.63, 3.8) is 0 Å². The van der Waals surface area contributed by atoms with Crippen LogP contribution in [0.1, 0.15) is 11.1 Å². The van der Waals surface area contributed by atoms with Gasteiger partial charge in [-0.25, -0.2) is 0 Å². The fourth-order valence-corrected chi connectivity index (χ4v) is 3.23. The Hall–Kier alpha value is -1.94. The third-order valence-corrected chi connectivity index (χ3v) is 4.68. The lowest BCUT2D eigenvalue weighted by molar-refractivity contribution is 0.109. The number of nitrogens with zero attached hydrogens (tertiary/aromatic N) is 2. The second kappa shape index (κ2) is 8.78. The van der Waals surface area contributed by atoms with Crippen LogP contribution in [0.3, 0.4) is 0 Å². The summed E-state index contributed by atoms with van der Waals surface area (Å²) < 4.78 is 0. The van der Waals surface area contributed by atoms with Crippen LogP contribution in [0.25, 0.3) is 6.08 Å². The molecule has 2 N–H and O–H groups in total. The van der Waals surface area contributed by atoms with Gasteiger partial charge in [-0.1, -0.05) is 72.8 Å². The molecule has 1 heterocycles. The van der Waals surface area contributed by atoms with E-state index < -0.39 is 0 Å². The maximum Gasteiger partial charge on any atom is 0.0405 e. The lowest BCUT2D eigenvalue weighted by Gasteiger charge is -2.38. The van der Waals surface area contributed by atoms with Crippen molar-refractivity contribution in [2.75, 3.05) is 32.7 Å². The zero-order chi connectivity index (χ0) is 16.6. The van der Waals surface area contributed by atoms with E-state index in [1.165, 1.54) is 11.1 Å². The number of hydrogen-bond acceptors (Lipinski definition) is 3. The first-order valence-corrected chi connectivity index (χ1v) is 8.79. The van der Waals surface area contributed by atoms with Crippen molar-refractivity contribution in [2.45, 2.75) is 12.6 Å². The average molecular weight is 321 g/mol. The zero-order valence-corrected chi connectivity index (χ0v) is 14.2. The molecule has 2 aromatic carbocycles. The van der Waals surface area contributed by atoms with Crippen LogP contribution in [0.15, 0.2) is 66.7 Å². The van der Waals surface area contributed by atoms with Crippen LogP contribution in [0.5, 0.6) is 0 Å². The molecule has 1 aliphatic rings. The molecule has 1 saturated heterocycles. The summed E-state index contributed by atoms with van der Waals surface area (Å²) in [5.41, 5.74) is 8.65. The molecular weight excluding hydrogens is 294 g/mol. The molecule has 3 nitrogen and oxygen atoms in total. The van der Waals surface area contributed by atoms with E-state index in [9.17, 15) is 0 Å². The normalized spacial score (nSPS) is 18.0. The van der Waals surface area contributed by atoms with E-state index in [4.69, 9.17) is 5.73 Å². The number of piperazine rings is 1. The SMILES string of the molecule is NCC(/C=C\c1ccccc1)N1CCN(Cc2ccccc2)CC1. The van der Waals surface area contributed by atoms with Gasteiger partial charge in [-0.05, 0) is 11.1 Å². The Morgan fingerprint density at radius 3 is 2.12 bits per heavy atom. The molecule has 0 amide bonds. The summed E-state index contributed by atoms with van der Waals surface area (Å²) in [6.07, 6.45) is 4.44. The summed E-state index contributed by atoms with van der Waals surface area (Å²) in [5.74, 6) is 0. The minimum absolute atomic E-state index is 0.323. The number of benzene rings is 2. The van der Waals surface area contributed by atoms with Gasteiger partial charge in [-0.3, -0.25) is 9.80 Å². The van der Waals surface area contributed by atoms with Crippen LogP contribution in [0.4, 0.5) is 0 Å². The van der Waals surface area contributed by atoms with Crippen molar-refractivity contribution in [1.82, 2.24) is 9.80 Å². The lowest BCUT2D eigenvalue weighted by Crippen LogP contribution is -2.51. The molecule has 3 rings (SSSR count). The molecule has 0 aliphatic carbocycles. The molecular formula is C21H27N3. The highest BCUT2D eigenvalue weighted by atomic mass is 15.3. The Bertz CT molecular complexity index is 616. The number of hydrogen-bond donors (Lipinski definition) is 1. The van der Waals surface area contributed by atoms with E-state index in [0.29, 0.717) is 12.6 Å². The van der Waals surface area contributed by atoms with E-state index in [-0.39, 0.29) is 0 Å². The minimum atomic E-state index is 0.323. The van der Waals surface area contributed by atoms with E-state index in [0.717, 1.165) is 32.7 Å². The van der Waals surface area contributed by atoms with Crippen LogP contribution in [-0.2, 0) is 6.54 Å². The van der Waals surface area contributed by atoms with Gasteiger partial charge in [-0.2, -0.15) is 0 Å². The Balaban J connectivity index is 1.52. The predicted octanol–water partition coefficient (Wildman–Crippen LogP) is 2.84. The summed E-state index contributed by atoms with van der Waals surface area (Å²) in [7, 11) is 0. The molecule has 1 fully saturated rings. The Morgan fingerprint density at radius 2 is 1.50 bits per heavy atom. The molecule has 24 heavy (non-hydrogen) atoms. The average Bonchev–Trinajstić information content (AvgIpc) is 2.65. The standard InChI is InChI=1S/C21H27N3/c22-17-21(12-11-19-7-3-1-4-8-19)24-15-13-23(14-16-24)18-20-9-5-2-6-10-20/h1-12,21H,13-18,22H2/b12-11-. The molecule has 0 aromatic heterocycles. The Morgan fingerprint density at radius 1 is 0.875 bits per heavy atom. The van der Waals surface area contributed by atoms with E-state index in [1.54, 1.807) is 0 Å². The second-order valence-corrected chi connectivity index (χ2v) is 6.37. The van der Waals surface area contributed by atoms with Crippen molar-refractivity contribution in [1.29, 1.82) is 0 Å². The van der Waals surface area contributed by atoms with E-state index in [1.807, 2.05) is 6.07 Å². The van der Waals surface area contributed by atoms with Crippen molar-refractivity contribution in [2.24, 2.45) is 5.73 Å². The molecule has 3 heteroatoms. The minimum Gasteiger partial charge on any atom is -0.329 e. The third-order valence-electron chi connectivity index (χ3n) is 4.68. The van der Waals surface area contributed by atoms with Crippen molar-refractivity contribution in [3.8, 4) is 0 Å². The Labute approximate surface area is 145 Å². The third kappa shape index (κ3) is 4.78. The highest BCUT2D eigenvalue weighted by molar-refractivity contribution is 5.49. The van der Waals surface area contributed by atoms with Crippen molar-refractivity contribution < 1.29 is 0 Å². The summed E-state index contributed by atoms with van der Waals surface area (Å²) in [6.45, 7) is 6.07. The van der Waals surface area contributed by atoms with Crippen LogP contribution >= 0.6 is 0 Å². The van der Waals surface area contributed by atoms with E-state index in [2.05, 4.69) is 76.5 Å². The topological polar surface area (TPSA) is 32.5 Å². The lowest BCUT2D eigenvalue weighted by atomic mass is 10.1. The van der Waals surface area contributed by atoms with Gasteiger partial charge in [0.1, 0.15) is 0 Å². The summed E-state index contributed by atoms with van der Waals surface area (Å²) >= 11 is 0. The van der Waals surface area contributed by atoms with Crippen molar-refractivity contribution >= 4 is 6.08 Å². The van der Waals surface area contributed by atoms with Gasteiger partial charge in [0, 0.05) is 45.3 Å². The molecule has 0 spiro atoms. The van der Waals surface area contributed by atoms with Crippen LogP contribution in [-0.4, -0.2) is 48.6 Å². The van der Waals surface area contributed by atoms with Gasteiger partial charge in [0.25, 0.3) is 0 Å². The molecule has 1 atom stereocenters. The number of rotatable bonds is 6. The zero-order valence-electron chi connectivity index (χ0n) is 14.2. The fraction of sp³-hybridized carbons (Fsp3) is 0.333. The smallest absolute Gasteiger partial charge is 0.0405 e. The molecule has 2 aromatic rings. The highest BCUT2D eigenvalue weighted by Crippen LogP contribution is 2.12. The van der Waals surface area contributed by atoms with Crippen LogP contribution in [0.2, 0.25) is 0 Å². The van der Waals surface area contributed by atoms with Crippen LogP contribution < -0.4 is 5.73 Å². The quantitative estimate of drug-likeness (QED) is 0.888. The summed E-state index contributed by atoms with van der Waals surface area (Å²) in [6, 6.07) is 21.5. The van der Waals surface area contributed by atoms with Crippen molar-refractivity contribution in [3.05, 3.63) is 77.9 Å². The maximum atomic E-state index is 6.02. The first-order valence-electron chi connectivity index (χ1n) is 8.79. The predicted molar refractivity (Wildman–Crippen MR) is 102 cm³/mol. The largest absolute Gasteiger partial charge is 0.329 e. The van der Waals surface area contributed by atoms with Gasteiger partial charge in [0.05, 0.1) is 0 Å². The monoisotopic (exact) mass is 321 g/mol. The van der Waals surface area contributed by atoms with Gasteiger partial charge >= 0.3 is 0 Å². The first kappa shape index (κ1) is 16.9. The molecule has 0 radical (unpaired) electrons. The van der Waals surface area contributed by atoms with E-state index >= 15 is 0 Å². The fourth-order valence-electron chi connectivity index (χ4n) is 3.23. The highest BCUT2D eigenvalue weighted by Gasteiger charge is 2.21. The first-order chi connectivity index (χ1) is 11.8. The molecule has 126 valence electrons. The summed E-state index contributed by atoms with van der Waals surface area (Å²) in [5, 5.41) is 0.